The minimum atomic E-state index is -4.55. The molecule has 0 aliphatic heterocycles. The van der Waals surface area contributed by atoms with Crippen LogP contribution in [0.1, 0.15) is 22.4 Å². The first-order chi connectivity index (χ1) is 15.7. The van der Waals surface area contributed by atoms with Crippen molar-refractivity contribution in [2.45, 2.75) is 25.6 Å². The summed E-state index contributed by atoms with van der Waals surface area (Å²) < 4.78 is 54.8. The second kappa shape index (κ2) is 8.58. The van der Waals surface area contributed by atoms with Crippen LogP contribution in [0.2, 0.25) is 0 Å². The summed E-state index contributed by atoms with van der Waals surface area (Å²) in [4.78, 5) is 20.1. The number of benzene rings is 1. The fourth-order valence-electron chi connectivity index (χ4n) is 3.60. The Morgan fingerprint density at radius 2 is 1.88 bits per heavy atom. The van der Waals surface area contributed by atoms with Gasteiger partial charge in [-0.15, -0.1) is 0 Å². The summed E-state index contributed by atoms with van der Waals surface area (Å²) in [5.41, 5.74) is 6.79. The molecular formula is C22H17F4N5O2. The maximum absolute atomic E-state index is 14.8. The van der Waals surface area contributed by atoms with Crippen LogP contribution in [0.15, 0.2) is 49.1 Å². The van der Waals surface area contributed by atoms with Gasteiger partial charge < -0.3 is 10.8 Å². The van der Waals surface area contributed by atoms with Gasteiger partial charge in [0.15, 0.2) is 5.82 Å². The first-order valence-corrected chi connectivity index (χ1v) is 9.71. The fraction of sp³-hybridized carbons (Fsp3) is 0.182. The molecule has 7 nitrogen and oxygen atoms in total. The largest absolute Gasteiger partial charge is 0.416 e. The number of ketones is 1. The number of hydrogen-bond donors (Lipinski definition) is 2. The molecule has 3 aromatic heterocycles. The Morgan fingerprint density at radius 3 is 2.58 bits per heavy atom. The Hall–Kier alpha value is -3.86. The zero-order valence-corrected chi connectivity index (χ0v) is 17.0. The Bertz CT molecular complexity index is 1350. The summed E-state index contributed by atoms with van der Waals surface area (Å²) in [5, 5.41) is 13.7. The SMILES string of the molecule is Nc1ncnn2cc(CO)c(-c3ccc(CC(=O)Cc4cc(C(F)(F)F)ccn4)c(F)c3)c12. The molecule has 0 radical (unpaired) electrons. The number of fused-ring (bicyclic) bond motifs is 1. The molecular weight excluding hydrogens is 442 g/mol. The molecule has 4 rings (SSSR count). The van der Waals surface area contributed by atoms with Gasteiger partial charge >= 0.3 is 6.18 Å². The number of rotatable bonds is 6. The number of pyridine rings is 1. The van der Waals surface area contributed by atoms with E-state index in [1.54, 1.807) is 12.3 Å². The van der Waals surface area contributed by atoms with E-state index in [1.807, 2.05) is 0 Å². The molecule has 4 aromatic rings. The summed E-state index contributed by atoms with van der Waals surface area (Å²) in [6.07, 6.45) is -1.44. The minimum absolute atomic E-state index is 0.0461. The number of nitrogens with zero attached hydrogens (tertiary/aromatic N) is 4. The van der Waals surface area contributed by atoms with Gasteiger partial charge in [-0.2, -0.15) is 18.3 Å². The maximum Gasteiger partial charge on any atom is 0.416 e. The van der Waals surface area contributed by atoms with Crippen molar-refractivity contribution in [1.29, 1.82) is 0 Å². The van der Waals surface area contributed by atoms with E-state index in [4.69, 9.17) is 5.73 Å². The summed E-state index contributed by atoms with van der Waals surface area (Å²) in [7, 11) is 0. The van der Waals surface area contributed by atoms with Gasteiger partial charge in [0, 0.05) is 42.1 Å². The Kier molecular flexibility index (Phi) is 5.81. The van der Waals surface area contributed by atoms with Crippen LogP contribution in [0.25, 0.3) is 16.6 Å². The monoisotopic (exact) mass is 459 g/mol. The zero-order chi connectivity index (χ0) is 23.8. The number of aromatic nitrogens is 4. The van der Waals surface area contributed by atoms with Gasteiger partial charge in [-0.05, 0) is 29.3 Å². The molecule has 11 heteroatoms. The molecule has 0 spiro atoms. The van der Waals surface area contributed by atoms with Crippen molar-refractivity contribution in [3.63, 3.8) is 0 Å². The smallest absolute Gasteiger partial charge is 0.392 e. The third-order valence-electron chi connectivity index (χ3n) is 5.10. The summed E-state index contributed by atoms with van der Waals surface area (Å²) in [6, 6.07) is 5.79. The average Bonchev–Trinajstić information content (AvgIpc) is 3.15. The topological polar surface area (TPSA) is 106 Å². The lowest BCUT2D eigenvalue weighted by Gasteiger charge is -2.09. The number of aliphatic hydroxyl groups is 1. The van der Waals surface area contributed by atoms with Gasteiger partial charge in [0.05, 0.1) is 12.2 Å². The summed E-state index contributed by atoms with van der Waals surface area (Å²) in [5.74, 6) is -1.03. The number of nitrogens with two attached hydrogens (primary N) is 1. The van der Waals surface area contributed by atoms with Crippen molar-refractivity contribution in [3.8, 4) is 11.1 Å². The molecule has 0 unspecified atom stereocenters. The van der Waals surface area contributed by atoms with Crippen LogP contribution in [0, 0.1) is 5.82 Å². The van der Waals surface area contributed by atoms with Gasteiger partial charge in [0.1, 0.15) is 23.4 Å². The number of halogens is 4. The van der Waals surface area contributed by atoms with Gasteiger partial charge in [-0.25, -0.2) is 13.9 Å². The van der Waals surface area contributed by atoms with Crippen LogP contribution < -0.4 is 5.73 Å². The van der Waals surface area contributed by atoms with E-state index in [0.29, 0.717) is 22.2 Å². The normalized spacial score (nSPS) is 11.8. The lowest BCUT2D eigenvalue weighted by molar-refractivity contribution is -0.137. The van der Waals surface area contributed by atoms with Crippen molar-refractivity contribution >= 4 is 17.1 Å². The molecule has 0 bridgehead atoms. The predicted octanol–water partition coefficient (Wildman–Crippen LogP) is 3.38. The highest BCUT2D eigenvalue weighted by Gasteiger charge is 2.30. The van der Waals surface area contributed by atoms with Gasteiger partial charge in [-0.1, -0.05) is 12.1 Å². The third kappa shape index (κ3) is 4.53. The molecule has 0 aliphatic carbocycles. The Balaban J connectivity index is 1.58. The summed E-state index contributed by atoms with van der Waals surface area (Å²) >= 11 is 0. The Labute approximate surface area is 184 Å². The maximum atomic E-state index is 14.8. The molecule has 0 fully saturated rings. The van der Waals surface area contributed by atoms with Crippen LogP contribution >= 0.6 is 0 Å². The number of alkyl halides is 3. The molecule has 0 saturated carbocycles. The number of nitrogen functional groups attached to an aromatic ring is 1. The summed E-state index contributed by atoms with van der Waals surface area (Å²) in [6.45, 7) is -0.343. The van der Waals surface area contributed by atoms with Crippen molar-refractivity contribution in [2.24, 2.45) is 0 Å². The molecule has 0 aliphatic rings. The van der Waals surface area contributed by atoms with Gasteiger partial charge in [0.2, 0.25) is 0 Å². The van der Waals surface area contributed by atoms with E-state index < -0.39 is 23.3 Å². The first-order valence-electron chi connectivity index (χ1n) is 9.71. The number of Topliss-reactive ketones (excluding diaryl/α,β-unsaturated/α-hetero) is 1. The van der Waals surface area contributed by atoms with Gasteiger partial charge in [-0.3, -0.25) is 9.78 Å². The van der Waals surface area contributed by atoms with Crippen molar-refractivity contribution in [2.75, 3.05) is 5.73 Å². The van der Waals surface area contributed by atoms with E-state index in [0.717, 1.165) is 18.3 Å². The van der Waals surface area contributed by atoms with Crippen molar-refractivity contribution in [1.82, 2.24) is 19.6 Å². The molecule has 0 atom stereocenters. The Morgan fingerprint density at radius 1 is 1.09 bits per heavy atom. The second-order valence-electron chi connectivity index (χ2n) is 7.36. The molecule has 170 valence electrons. The first kappa shape index (κ1) is 22.3. The fourth-order valence-corrected chi connectivity index (χ4v) is 3.60. The van der Waals surface area contributed by atoms with Crippen molar-refractivity contribution < 1.29 is 27.5 Å². The number of hydrogen-bond acceptors (Lipinski definition) is 6. The standard InChI is InChI=1S/C22H17F4N5O2/c23-18-6-13(19-14(10-32)9-31-20(19)21(27)29-11-30-31)2-1-12(18)5-17(33)8-16-7-15(3-4-28-16)22(24,25)26/h1-4,6-7,9,11,32H,5,8,10H2,(H2,27,29,30). The minimum Gasteiger partial charge on any atom is -0.392 e. The van der Waals surface area contributed by atoms with E-state index in [9.17, 15) is 27.5 Å². The van der Waals surface area contributed by atoms with E-state index >= 15 is 0 Å². The van der Waals surface area contributed by atoms with Crippen LogP contribution in [0.3, 0.4) is 0 Å². The quantitative estimate of drug-likeness (QED) is 0.428. The number of anilines is 1. The van der Waals surface area contributed by atoms with Crippen LogP contribution in [0.4, 0.5) is 23.4 Å². The molecule has 0 amide bonds. The lowest BCUT2D eigenvalue weighted by atomic mass is 9.98. The van der Waals surface area contributed by atoms with Crippen molar-refractivity contribution in [3.05, 3.63) is 77.3 Å². The second-order valence-corrected chi connectivity index (χ2v) is 7.36. The molecule has 1 aromatic carbocycles. The third-order valence-corrected chi connectivity index (χ3v) is 5.10. The van der Waals surface area contributed by atoms with E-state index in [1.165, 1.54) is 23.0 Å². The number of carbonyl (C=O) groups excluding carboxylic acids is 1. The van der Waals surface area contributed by atoms with Crippen LogP contribution in [-0.4, -0.2) is 30.5 Å². The highest BCUT2D eigenvalue weighted by Crippen LogP contribution is 2.33. The molecule has 3 N–H and O–H groups in total. The molecule has 0 saturated heterocycles. The highest BCUT2D eigenvalue weighted by atomic mass is 19.4. The predicted molar refractivity (Wildman–Crippen MR) is 110 cm³/mol. The lowest BCUT2D eigenvalue weighted by Crippen LogP contribution is -2.11. The van der Waals surface area contributed by atoms with E-state index in [-0.39, 0.29) is 36.5 Å². The zero-order valence-electron chi connectivity index (χ0n) is 17.0. The molecule has 3 heterocycles. The van der Waals surface area contributed by atoms with Crippen LogP contribution in [0.5, 0.6) is 0 Å². The highest BCUT2D eigenvalue weighted by molar-refractivity contribution is 5.90. The van der Waals surface area contributed by atoms with Gasteiger partial charge in [0.25, 0.3) is 0 Å². The van der Waals surface area contributed by atoms with Crippen LogP contribution in [-0.2, 0) is 30.4 Å². The average molecular weight is 459 g/mol. The number of carbonyl (C=O) groups is 1. The van der Waals surface area contributed by atoms with E-state index in [2.05, 4.69) is 15.1 Å². The number of aliphatic hydroxyl groups excluding tert-OH is 1. The molecule has 33 heavy (non-hydrogen) atoms.